The Morgan fingerprint density at radius 1 is 1.28 bits per heavy atom. The van der Waals surface area contributed by atoms with Crippen molar-refractivity contribution in [3.63, 3.8) is 0 Å². The van der Waals surface area contributed by atoms with E-state index in [1.807, 2.05) is 6.92 Å². The van der Waals surface area contributed by atoms with Gasteiger partial charge in [0.05, 0.1) is 32.6 Å². The number of nitro groups is 1. The van der Waals surface area contributed by atoms with Crippen LogP contribution in [0.4, 0.5) is 15.8 Å². The number of aromatic nitrogens is 2. The van der Waals surface area contributed by atoms with E-state index in [0.717, 1.165) is 6.42 Å². The molecule has 0 unspecified atom stereocenters. The van der Waals surface area contributed by atoms with Gasteiger partial charge in [0.1, 0.15) is 5.82 Å². The van der Waals surface area contributed by atoms with Gasteiger partial charge in [-0.05, 0) is 37.6 Å². The highest BCUT2D eigenvalue weighted by Gasteiger charge is 2.18. The predicted molar refractivity (Wildman–Crippen MR) is 110 cm³/mol. The van der Waals surface area contributed by atoms with E-state index < -0.39 is 10.7 Å². The Bertz CT molecular complexity index is 1150. The van der Waals surface area contributed by atoms with Crippen LogP contribution in [0.5, 0.6) is 0 Å². The lowest BCUT2D eigenvalue weighted by Gasteiger charge is -2.02. The zero-order valence-corrected chi connectivity index (χ0v) is 16.5. The van der Waals surface area contributed by atoms with Gasteiger partial charge in [-0.15, -0.1) is 0 Å². The standard InChI is InChI=1S/C20H18ClFN4O3/c1-3-4-18-19(12(2)23-13-5-10-16(21)17(22)11-13)20(27)25(24-18)14-6-8-15(9-7-14)26(28)29/h5-11,24H,3-4H2,1-2H3. The molecular weight excluding hydrogens is 399 g/mol. The van der Waals surface area contributed by atoms with Crippen LogP contribution in [0.15, 0.2) is 52.3 Å². The SMILES string of the molecule is CCCc1[nH]n(-c2ccc([N+](=O)[O-])cc2)c(=O)c1C(C)=Nc1ccc(Cl)c(F)c1. The highest BCUT2D eigenvalue weighted by Crippen LogP contribution is 2.22. The third kappa shape index (κ3) is 4.27. The molecule has 150 valence electrons. The summed E-state index contributed by atoms with van der Waals surface area (Å²) in [6, 6.07) is 9.83. The molecule has 1 heterocycles. The quantitative estimate of drug-likeness (QED) is 0.349. The van der Waals surface area contributed by atoms with Crippen LogP contribution in [0.2, 0.25) is 5.02 Å². The fourth-order valence-electron chi connectivity index (χ4n) is 3.00. The number of rotatable bonds is 6. The number of aryl methyl sites for hydroxylation is 1. The maximum atomic E-state index is 13.7. The number of H-pyrrole nitrogens is 1. The largest absolute Gasteiger partial charge is 0.294 e. The fourth-order valence-corrected chi connectivity index (χ4v) is 3.11. The Balaban J connectivity index is 2.08. The minimum absolute atomic E-state index is 0.00422. The van der Waals surface area contributed by atoms with Gasteiger partial charge in [-0.25, -0.2) is 9.07 Å². The van der Waals surface area contributed by atoms with Gasteiger partial charge in [-0.3, -0.25) is 25.0 Å². The third-order valence-corrected chi connectivity index (χ3v) is 4.65. The number of nitrogens with zero attached hydrogens (tertiary/aromatic N) is 3. The van der Waals surface area contributed by atoms with Crippen LogP contribution in [-0.4, -0.2) is 20.4 Å². The number of aromatic amines is 1. The van der Waals surface area contributed by atoms with E-state index in [1.165, 1.54) is 41.1 Å². The van der Waals surface area contributed by atoms with E-state index in [0.29, 0.717) is 34.8 Å². The van der Waals surface area contributed by atoms with Gasteiger partial charge in [0.2, 0.25) is 0 Å². The molecule has 0 aliphatic rings. The van der Waals surface area contributed by atoms with Gasteiger partial charge in [-0.2, -0.15) is 0 Å². The number of non-ortho nitro benzene ring substituents is 1. The van der Waals surface area contributed by atoms with E-state index in [2.05, 4.69) is 10.1 Å². The molecule has 29 heavy (non-hydrogen) atoms. The van der Waals surface area contributed by atoms with Crippen molar-refractivity contribution in [2.75, 3.05) is 0 Å². The molecule has 7 nitrogen and oxygen atoms in total. The summed E-state index contributed by atoms with van der Waals surface area (Å²) in [5.74, 6) is -0.591. The normalized spacial score (nSPS) is 11.7. The number of nitro benzene ring substituents is 1. The van der Waals surface area contributed by atoms with Gasteiger partial charge < -0.3 is 0 Å². The second-order valence-electron chi connectivity index (χ2n) is 6.43. The molecule has 3 rings (SSSR count). The molecule has 2 aromatic carbocycles. The lowest BCUT2D eigenvalue weighted by molar-refractivity contribution is -0.384. The summed E-state index contributed by atoms with van der Waals surface area (Å²) in [4.78, 5) is 27.8. The minimum Gasteiger partial charge on any atom is -0.294 e. The molecule has 0 radical (unpaired) electrons. The fraction of sp³-hybridized carbons (Fsp3) is 0.200. The Kier molecular flexibility index (Phi) is 5.93. The first-order valence-electron chi connectivity index (χ1n) is 8.91. The van der Waals surface area contributed by atoms with Gasteiger partial charge in [0.15, 0.2) is 0 Å². The summed E-state index contributed by atoms with van der Waals surface area (Å²) in [5.41, 5.74) is 1.91. The monoisotopic (exact) mass is 416 g/mol. The highest BCUT2D eigenvalue weighted by atomic mass is 35.5. The molecule has 3 aromatic rings. The summed E-state index contributed by atoms with van der Waals surface area (Å²) >= 11 is 5.70. The van der Waals surface area contributed by atoms with E-state index >= 15 is 0 Å². The third-order valence-electron chi connectivity index (χ3n) is 4.35. The van der Waals surface area contributed by atoms with E-state index in [9.17, 15) is 19.3 Å². The number of nitrogens with one attached hydrogen (secondary N) is 1. The maximum absolute atomic E-state index is 13.7. The number of benzene rings is 2. The van der Waals surface area contributed by atoms with Crippen molar-refractivity contribution in [2.24, 2.45) is 4.99 Å². The van der Waals surface area contributed by atoms with E-state index in [-0.39, 0.29) is 16.3 Å². The Morgan fingerprint density at radius 2 is 1.97 bits per heavy atom. The topological polar surface area (TPSA) is 93.3 Å². The van der Waals surface area contributed by atoms with E-state index in [1.54, 1.807) is 13.0 Å². The van der Waals surface area contributed by atoms with Crippen molar-refractivity contribution in [2.45, 2.75) is 26.7 Å². The molecule has 0 saturated heterocycles. The van der Waals surface area contributed by atoms with Crippen LogP contribution in [0, 0.1) is 15.9 Å². The van der Waals surface area contributed by atoms with Crippen molar-refractivity contribution in [1.29, 1.82) is 0 Å². The van der Waals surface area contributed by atoms with Crippen molar-refractivity contribution >= 4 is 28.7 Å². The zero-order valence-electron chi connectivity index (χ0n) is 15.8. The molecule has 0 saturated carbocycles. The first-order chi connectivity index (χ1) is 13.8. The van der Waals surface area contributed by atoms with Crippen molar-refractivity contribution in [1.82, 2.24) is 9.78 Å². The Hall–Kier alpha value is -3.26. The Labute approximate surface area is 170 Å². The van der Waals surface area contributed by atoms with Crippen LogP contribution in [-0.2, 0) is 6.42 Å². The molecule has 0 aliphatic heterocycles. The van der Waals surface area contributed by atoms with Crippen LogP contribution in [0.25, 0.3) is 5.69 Å². The molecule has 1 aromatic heterocycles. The second kappa shape index (κ2) is 8.40. The van der Waals surface area contributed by atoms with Crippen molar-refractivity contribution in [3.05, 3.63) is 85.0 Å². The summed E-state index contributed by atoms with van der Waals surface area (Å²) in [6.45, 7) is 3.66. The lowest BCUT2D eigenvalue weighted by Crippen LogP contribution is -2.19. The highest BCUT2D eigenvalue weighted by molar-refractivity contribution is 6.30. The molecule has 0 atom stereocenters. The van der Waals surface area contributed by atoms with Crippen LogP contribution >= 0.6 is 11.6 Å². The summed E-state index contributed by atoms with van der Waals surface area (Å²) in [6.07, 6.45) is 1.39. The van der Waals surface area contributed by atoms with Gasteiger partial charge in [0, 0.05) is 23.9 Å². The smallest absolute Gasteiger partial charge is 0.280 e. The number of aliphatic imine (C=N–C) groups is 1. The van der Waals surface area contributed by atoms with E-state index in [4.69, 9.17) is 11.6 Å². The summed E-state index contributed by atoms with van der Waals surface area (Å²) in [7, 11) is 0. The Morgan fingerprint density at radius 3 is 2.55 bits per heavy atom. The number of hydrogen-bond acceptors (Lipinski definition) is 4. The molecule has 0 bridgehead atoms. The number of halogens is 2. The molecule has 0 spiro atoms. The summed E-state index contributed by atoms with van der Waals surface area (Å²) in [5, 5.41) is 13.9. The molecule has 0 fully saturated rings. The molecule has 0 aliphatic carbocycles. The van der Waals surface area contributed by atoms with Crippen LogP contribution in [0.1, 0.15) is 31.5 Å². The second-order valence-corrected chi connectivity index (χ2v) is 6.83. The van der Waals surface area contributed by atoms with Crippen molar-refractivity contribution in [3.8, 4) is 5.69 Å². The lowest BCUT2D eigenvalue weighted by atomic mass is 10.1. The van der Waals surface area contributed by atoms with Gasteiger partial charge >= 0.3 is 0 Å². The number of hydrogen-bond donors (Lipinski definition) is 1. The van der Waals surface area contributed by atoms with Crippen molar-refractivity contribution < 1.29 is 9.31 Å². The molecular formula is C20H18ClFN4O3. The van der Waals surface area contributed by atoms with Crippen LogP contribution < -0.4 is 5.56 Å². The average molecular weight is 417 g/mol. The molecule has 1 N–H and O–H groups in total. The predicted octanol–water partition coefficient (Wildman–Crippen LogP) is 4.96. The maximum Gasteiger partial charge on any atom is 0.280 e. The van der Waals surface area contributed by atoms with Gasteiger partial charge in [-0.1, -0.05) is 24.9 Å². The van der Waals surface area contributed by atoms with Crippen LogP contribution in [0.3, 0.4) is 0 Å². The molecule has 0 amide bonds. The zero-order chi connectivity index (χ0) is 21.1. The average Bonchev–Trinajstić information content (AvgIpc) is 3.01. The van der Waals surface area contributed by atoms with Gasteiger partial charge in [0.25, 0.3) is 11.2 Å². The minimum atomic E-state index is -0.591. The molecule has 9 heteroatoms. The first kappa shape index (κ1) is 20.5. The first-order valence-corrected chi connectivity index (χ1v) is 9.29. The summed E-state index contributed by atoms with van der Waals surface area (Å²) < 4.78 is 15.0.